The Labute approximate surface area is 83.9 Å². The molecule has 2 heterocycles. The molecule has 0 N–H and O–H groups in total. The average molecular weight is 220 g/mol. The Morgan fingerprint density at radius 3 is 2.85 bits per heavy atom. The van der Waals surface area contributed by atoms with Crippen molar-refractivity contribution in [1.82, 2.24) is 0 Å². The van der Waals surface area contributed by atoms with E-state index in [2.05, 4.69) is 0 Å². The van der Waals surface area contributed by atoms with Gasteiger partial charge in [0.2, 0.25) is 5.91 Å². The van der Waals surface area contributed by atoms with Gasteiger partial charge in [0.25, 0.3) is 0 Å². The van der Waals surface area contributed by atoms with Gasteiger partial charge >= 0.3 is 0 Å². The lowest BCUT2D eigenvalue weighted by Crippen LogP contribution is -2.23. The van der Waals surface area contributed by atoms with E-state index in [1.807, 2.05) is 0 Å². The average Bonchev–Trinajstić information content (AvgIpc) is 2.58. The molecule has 0 unspecified atom stereocenters. The number of thiophene rings is 1. The fraction of sp³-hybridized carbons (Fsp3) is 0.375. The van der Waals surface area contributed by atoms with Gasteiger partial charge in [-0.2, -0.15) is 0 Å². The molecule has 0 radical (unpaired) electrons. The summed E-state index contributed by atoms with van der Waals surface area (Å²) in [7, 11) is 0. The molecule has 1 saturated heterocycles. The summed E-state index contributed by atoms with van der Waals surface area (Å²) in [4.78, 5) is 12.7. The van der Waals surface area contributed by atoms with Crippen molar-refractivity contribution in [1.29, 1.82) is 0 Å². The summed E-state index contributed by atoms with van der Waals surface area (Å²) < 4.78 is 13.5. The van der Waals surface area contributed by atoms with E-state index in [1.165, 1.54) is 11.0 Å². The van der Waals surface area contributed by atoms with Crippen molar-refractivity contribution in [3.05, 3.63) is 16.2 Å². The van der Waals surface area contributed by atoms with Crippen molar-refractivity contribution in [3.8, 4) is 0 Å². The van der Waals surface area contributed by atoms with Gasteiger partial charge in [0.05, 0.1) is 4.34 Å². The molecule has 0 bridgehead atoms. The van der Waals surface area contributed by atoms with Crippen LogP contribution in [0.2, 0.25) is 4.34 Å². The summed E-state index contributed by atoms with van der Waals surface area (Å²) >= 11 is 6.74. The predicted octanol–water partition coefficient (Wildman–Crippen LogP) is 2.67. The molecular formula is C8H7ClFNOS. The first kappa shape index (κ1) is 8.97. The highest BCUT2D eigenvalue weighted by molar-refractivity contribution is 7.20. The summed E-state index contributed by atoms with van der Waals surface area (Å²) in [5, 5.41) is 0.354. The maximum absolute atomic E-state index is 13.2. The Bertz CT molecular complexity index is 352. The van der Waals surface area contributed by atoms with Gasteiger partial charge in [-0.15, -0.1) is 11.3 Å². The maximum Gasteiger partial charge on any atom is 0.227 e. The number of rotatable bonds is 1. The van der Waals surface area contributed by atoms with Crippen LogP contribution in [0.5, 0.6) is 0 Å². The molecule has 1 aliphatic heterocycles. The van der Waals surface area contributed by atoms with Gasteiger partial charge in [-0.25, -0.2) is 4.39 Å². The van der Waals surface area contributed by atoms with E-state index in [9.17, 15) is 9.18 Å². The number of hydrogen-bond donors (Lipinski definition) is 0. The van der Waals surface area contributed by atoms with Crippen LogP contribution in [-0.2, 0) is 4.79 Å². The van der Waals surface area contributed by atoms with Crippen molar-refractivity contribution in [2.24, 2.45) is 0 Å². The number of anilines is 1. The van der Waals surface area contributed by atoms with Crippen LogP contribution in [0.15, 0.2) is 6.07 Å². The highest BCUT2D eigenvalue weighted by atomic mass is 35.5. The quantitative estimate of drug-likeness (QED) is 0.711. The van der Waals surface area contributed by atoms with Crippen LogP contribution in [0.3, 0.4) is 0 Å². The molecule has 1 aromatic rings. The number of hydrogen-bond acceptors (Lipinski definition) is 2. The Morgan fingerprint density at radius 2 is 2.38 bits per heavy atom. The van der Waals surface area contributed by atoms with Crippen molar-refractivity contribution in [2.45, 2.75) is 12.8 Å². The van der Waals surface area contributed by atoms with Crippen LogP contribution < -0.4 is 4.90 Å². The van der Waals surface area contributed by atoms with E-state index in [4.69, 9.17) is 11.6 Å². The summed E-state index contributed by atoms with van der Waals surface area (Å²) in [6.07, 6.45) is 1.31. The minimum atomic E-state index is -0.398. The summed E-state index contributed by atoms with van der Waals surface area (Å²) in [5.74, 6) is -0.414. The van der Waals surface area contributed by atoms with Crippen molar-refractivity contribution in [2.75, 3.05) is 11.4 Å². The normalized spacial score (nSPS) is 17.1. The van der Waals surface area contributed by atoms with Crippen molar-refractivity contribution >= 4 is 33.8 Å². The Morgan fingerprint density at radius 1 is 1.62 bits per heavy atom. The van der Waals surface area contributed by atoms with Crippen molar-refractivity contribution < 1.29 is 9.18 Å². The van der Waals surface area contributed by atoms with E-state index in [0.717, 1.165) is 17.8 Å². The van der Waals surface area contributed by atoms with Crippen LogP contribution >= 0.6 is 22.9 Å². The molecule has 1 aromatic heterocycles. The van der Waals surface area contributed by atoms with Crippen LogP contribution in [0.4, 0.5) is 9.39 Å². The fourth-order valence-corrected chi connectivity index (χ4v) is 2.50. The molecule has 0 atom stereocenters. The maximum atomic E-state index is 13.2. The van der Waals surface area contributed by atoms with Gasteiger partial charge in [0.15, 0.2) is 5.82 Å². The molecule has 0 aromatic carbocycles. The zero-order valence-corrected chi connectivity index (χ0v) is 8.29. The standard InChI is InChI=1S/C8H7ClFNOS/c9-6-4-5(10)8(13-6)11-3-1-2-7(11)12/h4H,1-3H2. The van der Waals surface area contributed by atoms with E-state index < -0.39 is 5.82 Å². The third-order valence-corrected chi connectivity index (χ3v) is 3.22. The first-order chi connectivity index (χ1) is 6.18. The molecule has 1 fully saturated rings. The predicted molar refractivity (Wildman–Crippen MR) is 50.9 cm³/mol. The molecule has 1 amide bonds. The molecule has 70 valence electrons. The minimum absolute atomic E-state index is 0.0163. The van der Waals surface area contributed by atoms with Gasteiger partial charge < -0.3 is 4.90 Å². The molecule has 0 aliphatic carbocycles. The van der Waals surface area contributed by atoms with E-state index in [-0.39, 0.29) is 5.91 Å². The van der Waals surface area contributed by atoms with Gasteiger partial charge in [0.1, 0.15) is 5.00 Å². The molecule has 0 spiro atoms. The molecule has 2 nitrogen and oxygen atoms in total. The Hall–Kier alpha value is -0.610. The number of carbonyl (C=O) groups excluding carboxylic acids is 1. The fourth-order valence-electron chi connectivity index (χ4n) is 1.38. The summed E-state index contributed by atoms with van der Waals surface area (Å²) in [6.45, 7) is 0.604. The molecule has 13 heavy (non-hydrogen) atoms. The van der Waals surface area contributed by atoms with Crippen LogP contribution in [0.1, 0.15) is 12.8 Å². The molecule has 0 saturated carbocycles. The Kier molecular flexibility index (Phi) is 2.26. The molecule has 5 heteroatoms. The number of halogens is 2. The third kappa shape index (κ3) is 1.56. The van der Waals surface area contributed by atoms with Crippen molar-refractivity contribution in [3.63, 3.8) is 0 Å². The second kappa shape index (κ2) is 3.27. The van der Waals surface area contributed by atoms with Gasteiger partial charge in [-0.1, -0.05) is 11.6 Å². The van der Waals surface area contributed by atoms with Crippen LogP contribution in [0.25, 0.3) is 0 Å². The summed E-state index contributed by atoms with van der Waals surface area (Å²) in [5.41, 5.74) is 0. The van der Waals surface area contributed by atoms with E-state index in [1.54, 1.807) is 0 Å². The Balaban J connectivity index is 2.34. The van der Waals surface area contributed by atoms with Gasteiger partial charge in [0, 0.05) is 19.0 Å². The SMILES string of the molecule is O=C1CCCN1c1sc(Cl)cc1F. The zero-order valence-electron chi connectivity index (χ0n) is 6.72. The lowest BCUT2D eigenvalue weighted by Gasteiger charge is -2.12. The van der Waals surface area contributed by atoms with Gasteiger partial charge in [-0.3, -0.25) is 4.79 Å². The largest absolute Gasteiger partial charge is 0.301 e. The monoisotopic (exact) mass is 219 g/mol. The minimum Gasteiger partial charge on any atom is -0.301 e. The van der Waals surface area contributed by atoms with Crippen LogP contribution in [0, 0.1) is 5.82 Å². The lowest BCUT2D eigenvalue weighted by molar-refractivity contribution is -0.117. The number of nitrogens with zero attached hydrogens (tertiary/aromatic N) is 1. The highest BCUT2D eigenvalue weighted by Gasteiger charge is 2.25. The third-order valence-electron chi connectivity index (χ3n) is 1.96. The summed E-state index contributed by atoms with van der Waals surface area (Å²) in [6, 6.07) is 1.24. The molecule has 2 rings (SSSR count). The highest BCUT2D eigenvalue weighted by Crippen LogP contribution is 2.35. The second-order valence-corrected chi connectivity index (χ2v) is 4.51. The van der Waals surface area contributed by atoms with Crippen LogP contribution in [-0.4, -0.2) is 12.5 Å². The van der Waals surface area contributed by atoms with Gasteiger partial charge in [-0.05, 0) is 6.42 Å². The molecule has 1 aliphatic rings. The first-order valence-corrected chi connectivity index (χ1v) is 5.13. The van der Waals surface area contributed by atoms with E-state index >= 15 is 0 Å². The lowest BCUT2D eigenvalue weighted by atomic mass is 10.4. The number of amides is 1. The number of carbonyl (C=O) groups is 1. The molecular weight excluding hydrogens is 213 g/mol. The smallest absolute Gasteiger partial charge is 0.227 e. The van der Waals surface area contributed by atoms with E-state index in [0.29, 0.717) is 22.3 Å². The first-order valence-electron chi connectivity index (χ1n) is 3.93. The second-order valence-electron chi connectivity index (χ2n) is 2.85. The zero-order chi connectivity index (χ0) is 9.42. The topological polar surface area (TPSA) is 20.3 Å².